The zero-order valence-electron chi connectivity index (χ0n) is 11.8. The first kappa shape index (κ1) is 17.1. The van der Waals surface area contributed by atoms with Gasteiger partial charge < -0.3 is 20.9 Å². The van der Waals surface area contributed by atoms with Gasteiger partial charge in [0.15, 0.2) is 0 Å². The Hall–Kier alpha value is -1.99. The van der Waals surface area contributed by atoms with Crippen LogP contribution in [-0.4, -0.2) is 41.9 Å². The molecule has 118 valence electrons. The normalized spacial score (nSPS) is 22.1. The third-order valence-electron chi connectivity index (χ3n) is 3.41. The van der Waals surface area contributed by atoms with E-state index in [1.165, 1.54) is 0 Å². The van der Waals surface area contributed by atoms with Crippen LogP contribution in [0.5, 0.6) is 0 Å². The van der Waals surface area contributed by atoms with Crippen molar-refractivity contribution in [2.24, 2.45) is 10.8 Å². The molecule has 1 aliphatic carbocycles. The van der Waals surface area contributed by atoms with Crippen molar-refractivity contribution in [2.45, 2.75) is 56.7 Å². The number of azide groups is 1. The second kappa shape index (κ2) is 9.04. The number of hydrogen-bond donors (Lipinski definition) is 3. The monoisotopic (exact) mass is 299 g/mol. The van der Waals surface area contributed by atoms with Gasteiger partial charge in [0.25, 0.3) is 0 Å². The van der Waals surface area contributed by atoms with Gasteiger partial charge in [0.05, 0.1) is 6.04 Å². The summed E-state index contributed by atoms with van der Waals surface area (Å²) in [5, 5.41) is 15.0. The van der Waals surface area contributed by atoms with E-state index in [1.807, 2.05) is 0 Å². The average Bonchev–Trinajstić information content (AvgIpc) is 2.85. The minimum absolute atomic E-state index is 0.298. The lowest BCUT2D eigenvalue weighted by molar-refractivity contribution is -0.139. The molecule has 1 saturated carbocycles. The zero-order chi connectivity index (χ0) is 15.7. The highest BCUT2D eigenvalue weighted by Crippen LogP contribution is 2.25. The summed E-state index contributed by atoms with van der Waals surface area (Å²) in [6.07, 6.45) is 2.41. The van der Waals surface area contributed by atoms with Crippen molar-refractivity contribution in [3.05, 3.63) is 10.4 Å². The first-order valence-corrected chi connectivity index (χ1v) is 7.02. The Labute approximate surface area is 122 Å². The molecule has 0 radical (unpaired) electrons. The van der Waals surface area contributed by atoms with Gasteiger partial charge in [-0.1, -0.05) is 5.11 Å². The molecule has 0 aliphatic heterocycles. The summed E-state index contributed by atoms with van der Waals surface area (Å²) in [6, 6.07) is -1.37. The number of amides is 1. The first-order valence-electron chi connectivity index (χ1n) is 7.02. The van der Waals surface area contributed by atoms with Crippen LogP contribution in [0.15, 0.2) is 5.11 Å². The van der Waals surface area contributed by atoms with Crippen molar-refractivity contribution < 1.29 is 19.4 Å². The minimum Gasteiger partial charge on any atom is -0.480 e. The van der Waals surface area contributed by atoms with Crippen LogP contribution in [0.1, 0.15) is 38.5 Å². The predicted octanol–water partition coefficient (Wildman–Crippen LogP) is 1.53. The first-order chi connectivity index (χ1) is 10.1. The van der Waals surface area contributed by atoms with Gasteiger partial charge in [-0.05, 0) is 50.6 Å². The topological polar surface area (TPSA) is 150 Å². The third-order valence-corrected chi connectivity index (χ3v) is 3.41. The SMILES string of the molecule is [N-]=[N+]=N[C@@H]1CCC[C@H]1OC(=O)N[C@@H](CCCCN)C(=O)O. The highest BCUT2D eigenvalue weighted by Gasteiger charge is 2.30. The summed E-state index contributed by atoms with van der Waals surface area (Å²) in [4.78, 5) is 25.5. The van der Waals surface area contributed by atoms with Gasteiger partial charge >= 0.3 is 12.1 Å². The molecule has 0 saturated heterocycles. The molecule has 0 aromatic heterocycles. The number of carbonyl (C=O) groups is 2. The number of nitrogens with zero attached hydrogens (tertiary/aromatic N) is 3. The molecule has 3 atom stereocenters. The molecule has 4 N–H and O–H groups in total. The summed E-state index contributed by atoms with van der Waals surface area (Å²) in [6.45, 7) is 0.479. The van der Waals surface area contributed by atoms with Crippen molar-refractivity contribution in [2.75, 3.05) is 6.54 Å². The molecule has 0 unspecified atom stereocenters. The van der Waals surface area contributed by atoms with Crippen LogP contribution in [0.4, 0.5) is 4.79 Å². The largest absolute Gasteiger partial charge is 0.480 e. The minimum atomic E-state index is -1.11. The summed E-state index contributed by atoms with van der Waals surface area (Å²) < 4.78 is 5.16. The molecule has 0 bridgehead atoms. The van der Waals surface area contributed by atoms with Crippen LogP contribution in [0, 0.1) is 0 Å². The van der Waals surface area contributed by atoms with E-state index in [9.17, 15) is 9.59 Å². The Morgan fingerprint density at radius 2 is 2.24 bits per heavy atom. The van der Waals surface area contributed by atoms with E-state index < -0.39 is 24.2 Å². The van der Waals surface area contributed by atoms with Gasteiger partial charge in [-0.25, -0.2) is 9.59 Å². The standard InChI is InChI=1S/C12H21N5O4/c13-7-2-1-4-9(11(18)19)15-12(20)21-10-6-3-5-8(10)16-17-14/h8-10H,1-7,13H2,(H,15,20)(H,18,19)/t8-,9+,10-/m1/s1. The molecule has 0 aromatic carbocycles. The molecule has 0 spiro atoms. The van der Waals surface area contributed by atoms with Gasteiger partial charge in [-0.2, -0.15) is 0 Å². The number of carboxylic acid groups (broad SMARTS) is 1. The van der Waals surface area contributed by atoms with Crippen LogP contribution >= 0.6 is 0 Å². The van der Waals surface area contributed by atoms with Crippen LogP contribution in [0.25, 0.3) is 10.4 Å². The van der Waals surface area contributed by atoms with Gasteiger partial charge in [-0.3, -0.25) is 0 Å². The summed E-state index contributed by atoms with van der Waals surface area (Å²) in [7, 11) is 0. The Kier molecular flexibility index (Phi) is 7.34. The molecule has 1 rings (SSSR count). The fourth-order valence-electron chi connectivity index (χ4n) is 2.31. The van der Waals surface area contributed by atoms with E-state index in [4.69, 9.17) is 21.1 Å². The fourth-order valence-corrected chi connectivity index (χ4v) is 2.31. The summed E-state index contributed by atoms with van der Waals surface area (Å²) >= 11 is 0. The lowest BCUT2D eigenvalue weighted by Gasteiger charge is -2.19. The van der Waals surface area contributed by atoms with Gasteiger partial charge in [0.2, 0.25) is 0 Å². The predicted molar refractivity (Wildman–Crippen MR) is 74.5 cm³/mol. The van der Waals surface area contributed by atoms with E-state index in [0.717, 1.165) is 6.42 Å². The van der Waals surface area contributed by atoms with Gasteiger partial charge in [-0.15, -0.1) is 0 Å². The Morgan fingerprint density at radius 3 is 2.86 bits per heavy atom. The molecule has 1 fully saturated rings. The maximum Gasteiger partial charge on any atom is 0.408 e. The van der Waals surface area contributed by atoms with Gasteiger partial charge in [0, 0.05) is 4.91 Å². The number of nitrogens with one attached hydrogen (secondary N) is 1. The number of nitrogens with two attached hydrogens (primary N) is 1. The zero-order valence-corrected chi connectivity index (χ0v) is 11.8. The second-order valence-corrected chi connectivity index (χ2v) is 4.97. The van der Waals surface area contributed by atoms with Crippen molar-refractivity contribution >= 4 is 12.1 Å². The second-order valence-electron chi connectivity index (χ2n) is 4.97. The van der Waals surface area contributed by atoms with E-state index in [2.05, 4.69) is 15.3 Å². The molecule has 9 heteroatoms. The molecule has 0 aromatic rings. The number of carbonyl (C=O) groups excluding carboxylic acids is 1. The molecular formula is C12H21N5O4. The highest BCUT2D eigenvalue weighted by molar-refractivity contribution is 5.79. The average molecular weight is 299 g/mol. The quantitative estimate of drug-likeness (QED) is 0.268. The highest BCUT2D eigenvalue weighted by atomic mass is 16.6. The molecule has 1 amide bonds. The maximum atomic E-state index is 11.7. The van der Waals surface area contributed by atoms with E-state index in [-0.39, 0.29) is 6.04 Å². The lowest BCUT2D eigenvalue weighted by atomic mass is 10.1. The number of rotatable bonds is 8. The van der Waals surface area contributed by atoms with Crippen molar-refractivity contribution in [1.29, 1.82) is 0 Å². The van der Waals surface area contributed by atoms with Crippen LogP contribution in [-0.2, 0) is 9.53 Å². The molecule has 9 nitrogen and oxygen atoms in total. The van der Waals surface area contributed by atoms with E-state index in [1.54, 1.807) is 0 Å². The smallest absolute Gasteiger partial charge is 0.408 e. The Bertz CT molecular complexity index is 410. The van der Waals surface area contributed by atoms with E-state index >= 15 is 0 Å². The number of ether oxygens (including phenoxy) is 1. The molecule has 0 heterocycles. The fraction of sp³-hybridized carbons (Fsp3) is 0.833. The van der Waals surface area contributed by atoms with Crippen LogP contribution < -0.4 is 11.1 Å². The lowest BCUT2D eigenvalue weighted by Crippen LogP contribution is -2.43. The van der Waals surface area contributed by atoms with Gasteiger partial charge in [0.1, 0.15) is 12.1 Å². The van der Waals surface area contributed by atoms with Crippen molar-refractivity contribution in [3.8, 4) is 0 Å². The van der Waals surface area contributed by atoms with Crippen LogP contribution in [0.3, 0.4) is 0 Å². The number of unbranched alkanes of at least 4 members (excludes halogenated alkanes) is 1. The number of alkyl carbamates (subject to hydrolysis) is 1. The Balaban J connectivity index is 2.45. The molecular weight excluding hydrogens is 278 g/mol. The summed E-state index contributed by atoms with van der Waals surface area (Å²) in [5.74, 6) is -1.11. The van der Waals surface area contributed by atoms with Crippen molar-refractivity contribution in [1.82, 2.24) is 5.32 Å². The number of hydrogen-bond acceptors (Lipinski definition) is 5. The summed E-state index contributed by atoms with van der Waals surface area (Å²) in [5.41, 5.74) is 13.8. The Morgan fingerprint density at radius 1 is 1.48 bits per heavy atom. The van der Waals surface area contributed by atoms with Crippen molar-refractivity contribution in [3.63, 3.8) is 0 Å². The van der Waals surface area contributed by atoms with E-state index in [0.29, 0.717) is 38.6 Å². The number of carboxylic acids is 1. The number of aliphatic carboxylic acids is 1. The third kappa shape index (κ3) is 5.88. The molecule has 21 heavy (non-hydrogen) atoms. The van der Waals surface area contributed by atoms with Crippen LogP contribution in [0.2, 0.25) is 0 Å². The molecule has 1 aliphatic rings. The maximum absolute atomic E-state index is 11.7.